The molecule has 2 aromatic rings. The molecule has 24 heavy (non-hydrogen) atoms. The highest BCUT2D eigenvalue weighted by Crippen LogP contribution is 2.20. The van der Waals surface area contributed by atoms with E-state index in [4.69, 9.17) is 5.11 Å². The van der Waals surface area contributed by atoms with E-state index in [0.717, 1.165) is 11.3 Å². The van der Waals surface area contributed by atoms with E-state index in [0.29, 0.717) is 23.8 Å². The van der Waals surface area contributed by atoms with Gasteiger partial charge in [-0.25, -0.2) is 4.98 Å². The van der Waals surface area contributed by atoms with Crippen LogP contribution in [-0.2, 0) is 17.8 Å². The molecule has 1 aromatic heterocycles. The number of aliphatic carboxylic acids is 1. The summed E-state index contributed by atoms with van der Waals surface area (Å²) in [6.07, 6.45) is 1.70. The summed E-state index contributed by atoms with van der Waals surface area (Å²) in [5, 5.41) is 12.0. The van der Waals surface area contributed by atoms with Crippen molar-refractivity contribution in [2.24, 2.45) is 0 Å². The zero-order chi connectivity index (χ0) is 17.1. The van der Waals surface area contributed by atoms with E-state index in [1.807, 2.05) is 0 Å². The van der Waals surface area contributed by atoms with Crippen molar-refractivity contribution in [2.75, 3.05) is 11.1 Å². The molecule has 1 aliphatic rings. The van der Waals surface area contributed by atoms with Crippen molar-refractivity contribution in [2.45, 2.75) is 24.5 Å². The fraction of sp³-hybridized carbons (Fsp3) is 0.250. The topological polar surface area (TPSA) is 101 Å². The summed E-state index contributed by atoms with van der Waals surface area (Å²) in [6, 6.07) is 6.92. The van der Waals surface area contributed by atoms with Gasteiger partial charge in [-0.2, -0.15) is 0 Å². The van der Waals surface area contributed by atoms with Gasteiger partial charge in [-0.15, -0.1) is 0 Å². The number of amides is 1. The van der Waals surface area contributed by atoms with Gasteiger partial charge in [-0.1, -0.05) is 23.9 Å². The summed E-state index contributed by atoms with van der Waals surface area (Å²) in [5.41, 5.74) is 0.972. The Balaban J connectivity index is 1.77. The quantitative estimate of drug-likeness (QED) is 0.799. The minimum Gasteiger partial charge on any atom is -0.481 e. The Kier molecular flexibility index (Phi) is 4.66. The Morgan fingerprint density at radius 2 is 2.21 bits per heavy atom. The number of rotatable bonds is 5. The van der Waals surface area contributed by atoms with Gasteiger partial charge >= 0.3 is 5.97 Å². The van der Waals surface area contributed by atoms with Crippen LogP contribution in [0.25, 0.3) is 0 Å². The van der Waals surface area contributed by atoms with Gasteiger partial charge in [0.25, 0.3) is 11.5 Å². The third-order valence-corrected chi connectivity index (χ3v) is 4.58. The van der Waals surface area contributed by atoms with Gasteiger partial charge in [0.1, 0.15) is 5.56 Å². The van der Waals surface area contributed by atoms with E-state index in [-0.39, 0.29) is 17.5 Å². The van der Waals surface area contributed by atoms with Crippen LogP contribution < -0.4 is 10.9 Å². The smallest absolute Gasteiger partial charge is 0.303 e. The molecule has 0 saturated carbocycles. The molecule has 0 spiro atoms. The monoisotopic (exact) mass is 345 g/mol. The second-order valence-corrected chi connectivity index (χ2v) is 6.37. The molecule has 1 aromatic carbocycles. The highest BCUT2D eigenvalue weighted by atomic mass is 32.2. The van der Waals surface area contributed by atoms with Crippen LogP contribution in [0.4, 0.5) is 5.69 Å². The van der Waals surface area contributed by atoms with Crippen LogP contribution in [0.3, 0.4) is 0 Å². The zero-order valence-electron chi connectivity index (χ0n) is 12.7. The first-order chi connectivity index (χ1) is 11.5. The van der Waals surface area contributed by atoms with Crippen molar-refractivity contribution in [1.82, 2.24) is 9.55 Å². The first-order valence-corrected chi connectivity index (χ1v) is 8.38. The van der Waals surface area contributed by atoms with E-state index in [1.54, 1.807) is 24.3 Å². The lowest BCUT2D eigenvalue weighted by Gasteiger charge is -2.08. The minimum atomic E-state index is -0.875. The van der Waals surface area contributed by atoms with Gasteiger partial charge in [-0.05, 0) is 24.1 Å². The summed E-state index contributed by atoms with van der Waals surface area (Å²) < 4.78 is 1.50. The summed E-state index contributed by atoms with van der Waals surface area (Å²) in [4.78, 5) is 39.5. The second-order valence-electron chi connectivity index (χ2n) is 5.31. The van der Waals surface area contributed by atoms with Gasteiger partial charge in [0.05, 0.1) is 0 Å². The normalized spacial score (nSPS) is 12.7. The van der Waals surface area contributed by atoms with Crippen molar-refractivity contribution < 1.29 is 14.7 Å². The molecular formula is C16H15N3O4S. The number of carboxylic acid groups (broad SMARTS) is 1. The fourth-order valence-corrected chi connectivity index (χ4v) is 3.34. The molecule has 8 heteroatoms. The highest BCUT2D eigenvalue weighted by Gasteiger charge is 2.20. The number of nitrogens with one attached hydrogen (secondary N) is 1. The highest BCUT2D eigenvalue weighted by molar-refractivity contribution is 7.99. The molecular weight excluding hydrogens is 330 g/mol. The average Bonchev–Trinajstić information content (AvgIpc) is 3.03. The molecule has 3 rings (SSSR count). The molecule has 124 valence electrons. The number of carboxylic acids is 1. The van der Waals surface area contributed by atoms with Crippen molar-refractivity contribution in [1.29, 1.82) is 0 Å². The Bertz CT molecular complexity index is 863. The van der Waals surface area contributed by atoms with Crippen LogP contribution >= 0.6 is 11.8 Å². The third kappa shape index (κ3) is 3.48. The van der Waals surface area contributed by atoms with Crippen molar-refractivity contribution in [3.05, 3.63) is 51.9 Å². The minimum absolute atomic E-state index is 0.00260. The molecule has 2 heterocycles. The molecule has 0 aliphatic carbocycles. The van der Waals surface area contributed by atoms with Crippen molar-refractivity contribution in [3.63, 3.8) is 0 Å². The molecule has 1 aliphatic heterocycles. The second kappa shape index (κ2) is 6.88. The maximum atomic E-state index is 12.3. The number of thioether (sulfide) groups is 1. The number of hydrogen-bond donors (Lipinski definition) is 2. The number of carbonyl (C=O) groups is 2. The number of hydrogen-bond acceptors (Lipinski definition) is 5. The van der Waals surface area contributed by atoms with E-state index in [9.17, 15) is 14.4 Å². The molecule has 0 atom stereocenters. The first-order valence-electron chi connectivity index (χ1n) is 7.39. The van der Waals surface area contributed by atoms with Gasteiger partial charge < -0.3 is 10.4 Å². The largest absolute Gasteiger partial charge is 0.481 e. The van der Waals surface area contributed by atoms with E-state index in [2.05, 4.69) is 10.3 Å². The van der Waals surface area contributed by atoms with Crippen molar-refractivity contribution in [3.8, 4) is 0 Å². The average molecular weight is 345 g/mol. The van der Waals surface area contributed by atoms with Crippen LogP contribution in [0, 0.1) is 0 Å². The summed E-state index contributed by atoms with van der Waals surface area (Å²) in [5.74, 6) is -0.617. The number of aromatic nitrogens is 2. The number of fused-ring (bicyclic) bond motifs is 1. The maximum Gasteiger partial charge on any atom is 0.303 e. The van der Waals surface area contributed by atoms with Crippen LogP contribution in [0.5, 0.6) is 0 Å². The number of benzene rings is 1. The van der Waals surface area contributed by atoms with Gasteiger partial charge in [-0.3, -0.25) is 19.0 Å². The molecule has 0 bridgehead atoms. The van der Waals surface area contributed by atoms with E-state index in [1.165, 1.54) is 22.5 Å². The van der Waals surface area contributed by atoms with Crippen LogP contribution in [0.1, 0.15) is 22.3 Å². The third-order valence-electron chi connectivity index (χ3n) is 3.61. The SMILES string of the molecule is O=C(O)CCc1cccc(NC(=O)c2cnc3n(c2=O)CCS3)c1. The summed E-state index contributed by atoms with van der Waals surface area (Å²) in [7, 11) is 0. The first kappa shape index (κ1) is 16.3. The molecule has 1 amide bonds. The fourth-order valence-electron chi connectivity index (χ4n) is 2.43. The molecule has 0 fully saturated rings. The lowest BCUT2D eigenvalue weighted by molar-refractivity contribution is -0.136. The number of carbonyl (C=O) groups excluding carboxylic acids is 1. The van der Waals surface area contributed by atoms with Gasteiger partial charge in [0, 0.05) is 30.6 Å². The van der Waals surface area contributed by atoms with Crippen LogP contribution in [0.15, 0.2) is 40.4 Å². The maximum absolute atomic E-state index is 12.3. The molecule has 7 nitrogen and oxygen atoms in total. The predicted octanol–water partition coefficient (Wildman–Crippen LogP) is 1.62. The number of anilines is 1. The molecule has 0 unspecified atom stereocenters. The van der Waals surface area contributed by atoms with Gasteiger partial charge in [0.2, 0.25) is 0 Å². The molecule has 2 N–H and O–H groups in total. The van der Waals surface area contributed by atoms with E-state index < -0.39 is 11.9 Å². The lowest BCUT2D eigenvalue weighted by atomic mass is 10.1. The lowest BCUT2D eigenvalue weighted by Crippen LogP contribution is -2.29. The Morgan fingerprint density at radius 3 is 3.00 bits per heavy atom. The zero-order valence-corrected chi connectivity index (χ0v) is 13.5. The Hall–Kier alpha value is -2.61. The Morgan fingerprint density at radius 1 is 1.38 bits per heavy atom. The Labute approximate surface area is 141 Å². The molecule has 0 radical (unpaired) electrons. The van der Waals surface area contributed by atoms with E-state index >= 15 is 0 Å². The summed E-state index contributed by atoms with van der Waals surface area (Å²) in [6.45, 7) is 0.553. The summed E-state index contributed by atoms with van der Waals surface area (Å²) >= 11 is 1.49. The number of aryl methyl sites for hydroxylation is 1. The van der Waals surface area contributed by atoms with Crippen LogP contribution in [-0.4, -0.2) is 32.3 Å². The number of nitrogens with zero attached hydrogens (tertiary/aromatic N) is 2. The standard InChI is InChI=1S/C16H15N3O4S/c20-13(21)5-4-10-2-1-3-11(8-10)18-14(22)12-9-17-16-19(15(12)23)6-7-24-16/h1-3,8-9H,4-7H2,(H,18,22)(H,20,21). The van der Waals surface area contributed by atoms with Crippen LogP contribution in [0.2, 0.25) is 0 Å². The predicted molar refractivity (Wildman–Crippen MR) is 89.6 cm³/mol. The van der Waals surface area contributed by atoms with Crippen molar-refractivity contribution >= 4 is 29.3 Å². The van der Waals surface area contributed by atoms with Gasteiger partial charge in [0.15, 0.2) is 5.16 Å². The molecule has 0 saturated heterocycles.